The average molecular weight is 410 g/mol. The molecule has 0 saturated heterocycles. The van der Waals surface area contributed by atoms with E-state index in [9.17, 15) is 14.9 Å². The van der Waals surface area contributed by atoms with Crippen molar-refractivity contribution in [2.24, 2.45) is 0 Å². The van der Waals surface area contributed by atoms with Crippen molar-refractivity contribution in [3.8, 4) is 17.1 Å². The molecule has 0 spiro atoms. The highest BCUT2D eigenvalue weighted by Crippen LogP contribution is 2.23. The SMILES string of the molecule is CCN(Cc1nc(-c2cccc(C)c2)no1)C(=O)COc1ccc([N+](=O)[O-])c(C)c1. The van der Waals surface area contributed by atoms with Gasteiger partial charge in [0.05, 0.1) is 4.92 Å². The number of ether oxygens (including phenoxy) is 1. The Bertz CT molecular complexity index is 1060. The maximum atomic E-state index is 12.5. The Kier molecular flexibility index (Phi) is 6.41. The molecule has 0 radical (unpaired) electrons. The first-order valence-corrected chi connectivity index (χ1v) is 9.42. The smallest absolute Gasteiger partial charge is 0.272 e. The molecule has 156 valence electrons. The Labute approximate surface area is 173 Å². The van der Waals surface area contributed by atoms with Gasteiger partial charge in [-0.15, -0.1) is 0 Å². The lowest BCUT2D eigenvalue weighted by atomic mass is 10.1. The standard InChI is InChI=1S/C21H22N4O5/c1-4-24(12-19-22-21(23-30-19)16-7-5-6-14(2)10-16)20(26)13-29-17-8-9-18(25(27)28)15(3)11-17/h5-11H,4,12-13H2,1-3H3. The van der Waals surface area contributed by atoms with Crippen LogP contribution in [0.5, 0.6) is 5.75 Å². The first kappa shape index (κ1) is 21.0. The molecule has 0 unspecified atom stereocenters. The maximum Gasteiger partial charge on any atom is 0.272 e. The molecule has 0 N–H and O–H groups in total. The quantitative estimate of drug-likeness (QED) is 0.411. The fraction of sp³-hybridized carbons (Fsp3) is 0.286. The molecular formula is C21H22N4O5. The van der Waals surface area contributed by atoms with Crippen molar-refractivity contribution in [2.75, 3.05) is 13.2 Å². The van der Waals surface area contributed by atoms with Gasteiger partial charge in [0.25, 0.3) is 11.6 Å². The zero-order valence-corrected chi connectivity index (χ0v) is 17.0. The lowest BCUT2D eigenvalue weighted by Crippen LogP contribution is -2.34. The number of rotatable bonds is 8. The number of nitro benzene ring substituents is 1. The van der Waals surface area contributed by atoms with Crippen LogP contribution >= 0.6 is 0 Å². The Morgan fingerprint density at radius 3 is 2.70 bits per heavy atom. The van der Waals surface area contributed by atoms with Gasteiger partial charge in [-0.3, -0.25) is 14.9 Å². The van der Waals surface area contributed by atoms with Crippen LogP contribution in [0, 0.1) is 24.0 Å². The van der Waals surface area contributed by atoms with Crippen LogP contribution in [0.4, 0.5) is 5.69 Å². The second-order valence-electron chi connectivity index (χ2n) is 6.78. The van der Waals surface area contributed by atoms with Gasteiger partial charge in [-0.1, -0.05) is 28.9 Å². The van der Waals surface area contributed by atoms with Gasteiger partial charge in [-0.05, 0) is 39.0 Å². The molecule has 3 aromatic rings. The predicted octanol–water partition coefficient (Wildman–Crippen LogP) is 3.69. The van der Waals surface area contributed by atoms with E-state index in [0.29, 0.717) is 29.6 Å². The minimum atomic E-state index is -0.460. The van der Waals surface area contributed by atoms with Crippen molar-refractivity contribution in [1.29, 1.82) is 0 Å². The number of benzene rings is 2. The zero-order chi connectivity index (χ0) is 21.7. The third kappa shape index (κ3) is 4.99. The third-order valence-electron chi connectivity index (χ3n) is 4.53. The van der Waals surface area contributed by atoms with Gasteiger partial charge in [-0.2, -0.15) is 4.98 Å². The summed E-state index contributed by atoms with van der Waals surface area (Å²) in [5.41, 5.74) is 2.40. The predicted molar refractivity (Wildman–Crippen MR) is 109 cm³/mol. The van der Waals surface area contributed by atoms with Crippen LogP contribution in [0.2, 0.25) is 0 Å². The van der Waals surface area contributed by atoms with E-state index in [2.05, 4.69) is 10.1 Å². The third-order valence-corrected chi connectivity index (χ3v) is 4.53. The van der Waals surface area contributed by atoms with E-state index in [1.807, 2.05) is 38.1 Å². The van der Waals surface area contributed by atoms with Crippen molar-refractivity contribution in [3.63, 3.8) is 0 Å². The molecule has 0 fully saturated rings. The van der Waals surface area contributed by atoms with E-state index in [1.54, 1.807) is 6.92 Å². The molecule has 30 heavy (non-hydrogen) atoms. The van der Waals surface area contributed by atoms with Gasteiger partial charge in [0.1, 0.15) is 12.3 Å². The summed E-state index contributed by atoms with van der Waals surface area (Å²) in [5, 5.41) is 14.9. The highest BCUT2D eigenvalue weighted by Gasteiger charge is 2.18. The van der Waals surface area contributed by atoms with Crippen molar-refractivity contribution >= 4 is 11.6 Å². The van der Waals surface area contributed by atoms with Crippen LogP contribution in [0.25, 0.3) is 11.4 Å². The number of hydrogen-bond donors (Lipinski definition) is 0. The van der Waals surface area contributed by atoms with Crippen LogP contribution in [-0.2, 0) is 11.3 Å². The Morgan fingerprint density at radius 2 is 2.03 bits per heavy atom. The number of hydrogen-bond acceptors (Lipinski definition) is 7. The van der Waals surface area contributed by atoms with Gasteiger partial charge in [-0.25, -0.2) is 0 Å². The van der Waals surface area contributed by atoms with Crippen LogP contribution in [0.15, 0.2) is 47.0 Å². The molecule has 2 aromatic carbocycles. The number of nitro groups is 1. The number of aryl methyl sites for hydroxylation is 2. The highest BCUT2D eigenvalue weighted by atomic mass is 16.6. The topological polar surface area (TPSA) is 112 Å². The minimum absolute atomic E-state index is 0.00432. The van der Waals surface area contributed by atoms with Gasteiger partial charge < -0.3 is 14.2 Å². The molecule has 3 rings (SSSR count). The van der Waals surface area contributed by atoms with E-state index >= 15 is 0 Å². The summed E-state index contributed by atoms with van der Waals surface area (Å²) >= 11 is 0. The first-order chi connectivity index (χ1) is 14.4. The largest absolute Gasteiger partial charge is 0.484 e. The molecular weight excluding hydrogens is 388 g/mol. The zero-order valence-electron chi connectivity index (χ0n) is 17.0. The molecule has 0 atom stereocenters. The van der Waals surface area contributed by atoms with Crippen molar-refractivity contribution in [2.45, 2.75) is 27.3 Å². The summed E-state index contributed by atoms with van der Waals surface area (Å²) in [6, 6.07) is 12.1. The molecule has 1 amide bonds. The summed E-state index contributed by atoms with van der Waals surface area (Å²) in [5.74, 6) is 0.925. The van der Waals surface area contributed by atoms with Crippen LogP contribution in [-0.4, -0.2) is 39.0 Å². The summed E-state index contributed by atoms with van der Waals surface area (Å²) < 4.78 is 10.8. The molecule has 0 aliphatic rings. The summed E-state index contributed by atoms with van der Waals surface area (Å²) in [7, 11) is 0. The summed E-state index contributed by atoms with van der Waals surface area (Å²) in [6.07, 6.45) is 0. The fourth-order valence-electron chi connectivity index (χ4n) is 2.92. The number of likely N-dealkylation sites (N-methyl/N-ethyl adjacent to an activating group) is 1. The van der Waals surface area contributed by atoms with E-state index in [0.717, 1.165) is 11.1 Å². The number of carbonyl (C=O) groups excluding carboxylic acids is 1. The Morgan fingerprint density at radius 1 is 1.23 bits per heavy atom. The van der Waals surface area contributed by atoms with Crippen molar-refractivity contribution in [1.82, 2.24) is 15.0 Å². The van der Waals surface area contributed by atoms with E-state index in [-0.39, 0.29) is 24.7 Å². The number of amides is 1. The van der Waals surface area contributed by atoms with E-state index in [1.165, 1.54) is 23.1 Å². The average Bonchev–Trinajstić information content (AvgIpc) is 3.18. The molecule has 0 saturated carbocycles. The molecule has 9 nitrogen and oxygen atoms in total. The molecule has 9 heteroatoms. The van der Waals surface area contributed by atoms with Gasteiger partial charge in [0.2, 0.25) is 11.7 Å². The number of aromatic nitrogens is 2. The van der Waals surface area contributed by atoms with Crippen LogP contribution < -0.4 is 4.74 Å². The second-order valence-corrected chi connectivity index (χ2v) is 6.78. The highest BCUT2D eigenvalue weighted by molar-refractivity contribution is 5.77. The number of carbonyl (C=O) groups is 1. The lowest BCUT2D eigenvalue weighted by Gasteiger charge is -2.19. The van der Waals surface area contributed by atoms with Crippen LogP contribution in [0.1, 0.15) is 23.9 Å². The van der Waals surface area contributed by atoms with E-state index < -0.39 is 4.92 Å². The molecule has 1 aromatic heterocycles. The molecule has 0 bridgehead atoms. The molecule has 1 heterocycles. The summed E-state index contributed by atoms with van der Waals surface area (Å²) in [4.78, 5) is 28.9. The summed E-state index contributed by atoms with van der Waals surface area (Å²) in [6.45, 7) is 5.83. The van der Waals surface area contributed by atoms with Crippen molar-refractivity contribution < 1.29 is 19.0 Å². The van der Waals surface area contributed by atoms with Gasteiger partial charge in [0.15, 0.2) is 6.61 Å². The monoisotopic (exact) mass is 410 g/mol. The Hall–Kier alpha value is -3.75. The van der Waals surface area contributed by atoms with Crippen molar-refractivity contribution in [3.05, 3.63) is 69.6 Å². The molecule has 0 aliphatic carbocycles. The van der Waals surface area contributed by atoms with Gasteiger partial charge in [0, 0.05) is 23.7 Å². The minimum Gasteiger partial charge on any atom is -0.484 e. The lowest BCUT2D eigenvalue weighted by molar-refractivity contribution is -0.385. The first-order valence-electron chi connectivity index (χ1n) is 9.42. The second kappa shape index (κ2) is 9.17. The molecule has 0 aliphatic heterocycles. The fourth-order valence-corrected chi connectivity index (χ4v) is 2.92. The van der Waals surface area contributed by atoms with Crippen LogP contribution in [0.3, 0.4) is 0 Å². The normalized spacial score (nSPS) is 10.6. The number of nitrogens with zero attached hydrogens (tertiary/aromatic N) is 4. The van der Waals surface area contributed by atoms with E-state index in [4.69, 9.17) is 9.26 Å². The maximum absolute atomic E-state index is 12.5. The van der Waals surface area contributed by atoms with Gasteiger partial charge >= 0.3 is 0 Å². The Balaban J connectivity index is 1.61.